The maximum atomic E-state index is 11.2. The van der Waals surface area contributed by atoms with Gasteiger partial charge in [-0.3, -0.25) is 4.79 Å². The van der Waals surface area contributed by atoms with E-state index >= 15 is 0 Å². The van der Waals surface area contributed by atoms with Gasteiger partial charge in [-0.2, -0.15) is 0 Å². The zero-order valence-corrected chi connectivity index (χ0v) is 11.6. The van der Waals surface area contributed by atoms with Crippen molar-refractivity contribution in [1.82, 2.24) is 9.55 Å². The number of hydrogen-bond donors (Lipinski definition) is 1. The molecule has 0 spiro atoms. The number of carbonyl (C=O) groups is 1. The summed E-state index contributed by atoms with van der Waals surface area (Å²) in [6.45, 7) is 0.00630. The zero-order chi connectivity index (χ0) is 13.9. The normalized spacial score (nSPS) is 17.2. The maximum absolute atomic E-state index is 11.2. The lowest BCUT2D eigenvalue weighted by atomic mass is 9.99. The molecule has 1 heterocycles. The van der Waals surface area contributed by atoms with Gasteiger partial charge in [0, 0.05) is 5.92 Å². The van der Waals surface area contributed by atoms with E-state index in [0.29, 0.717) is 5.92 Å². The lowest BCUT2D eigenvalue weighted by Crippen LogP contribution is -2.14. The summed E-state index contributed by atoms with van der Waals surface area (Å²) in [5.41, 5.74) is 1.85. The number of aromatic nitrogens is 2. The Morgan fingerprint density at radius 2 is 1.90 bits per heavy atom. The average molecular weight is 272 g/mol. The first-order valence-electron chi connectivity index (χ1n) is 7.42. The van der Waals surface area contributed by atoms with Crippen molar-refractivity contribution in [2.75, 3.05) is 0 Å². The fourth-order valence-electron chi connectivity index (χ4n) is 3.24. The molecule has 1 aliphatic carbocycles. The monoisotopic (exact) mass is 272 g/mol. The van der Waals surface area contributed by atoms with E-state index in [-0.39, 0.29) is 6.54 Å². The predicted molar refractivity (Wildman–Crippen MR) is 77.8 cm³/mol. The Labute approximate surface area is 118 Å². The van der Waals surface area contributed by atoms with Crippen LogP contribution in [-0.4, -0.2) is 20.6 Å². The second kappa shape index (κ2) is 5.65. The van der Waals surface area contributed by atoms with E-state index in [1.54, 1.807) is 0 Å². The summed E-state index contributed by atoms with van der Waals surface area (Å²) >= 11 is 0. The number of benzene rings is 1. The van der Waals surface area contributed by atoms with Crippen molar-refractivity contribution in [3.63, 3.8) is 0 Å². The number of nitrogens with zero attached hydrogens (tertiary/aromatic N) is 2. The van der Waals surface area contributed by atoms with Gasteiger partial charge in [0.25, 0.3) is 0 Å². The van der Waals surface area contributed by atoms with Gasteiger partial charge in [0.2, 0.25) is 0 Å². The van der Waals surface area contributed by atoms with Crippen LogP contribution in [0.5, 0.6) is 0 Å². The molecular formula is C16H20N2O2. The van der Waals surface area contributed by atoms with Gasteiger partial charge >= 0.3 is 5.97 Å². The van der Waals surface area contributed by atoms with E-state index in [9.17, 15) is 9.90 Å². The Morgan fingerprint density at radius 3 is 2.60 bits per heavy atom. The van der Waals surface area contributed by atoms with Gasteiger partial charge in [-0.25, -0.2) is 4.98 Å². The molecule has 0 atom stereocenters. The van der Waals surface area contributed by atoms with Gasteiger partial charge in [-0.05, 0) is 25.0 Å². The molecule has 3 rings (SSSR count). The molecule has 106 valence electrons. The summed E-state index contributed by atoms with van der Waals surface area (Å²) < 4.78 is 1.90. The minimum Gasteiger partial charge on any atom is -0.480 e. The van der Waals surface area contributed by atoms with Crippen LogP contribution in [0, 0.1) is 0 Å². The third-order valence-electron chi connectivity index (χ3n) is 4.20. The Bertz CT molecular complexity index is 610. The molecular weight excluding hydrogens is 252 g/mol. The number of carboxylic acids is 1. The van der Waals surface area contributed by atoms with E-state index in [1.165, 1.54) is 25.7 Å². The molecule has 4 nitrogen and oxygen atoms in total. The number of para-hydroxylation sites is 2. The Morgan fingerprint density at radius 1 is 1.20 bits per heavy atom. The Balaban J connectivity index is 2.05. The summed E-state index contributed by atoms with van der Waals surface area (Å²) in [5.74, 6) is 0.572. The van der Waals surface area contributed by atoms with Crippen molar-refractivity contribution in [2.45, 2.75) is 51.0 Å². The lowest BCUT2D eigenvalue weighted by Gasteiger charge is -2.15. The van der Waals surface area contributed by atoms with Gasteiger partial charge in [0.05, 0.1) is 11.0 Å². The second-order valence-corrected chi connectivity index (χ2v) is 5.63. The fourth-order valence-corrected chi connectivity index (χ4v) is 3.24. The Hall–Kier alpha value is -1.84. The van der Waals surface area contributed by atoms with Gasteiger partial charge in [0.1, 0.15) is 12.4 Å². The van der Waals surface area contributed by atoms with Crippen molar-refractivity contribution in [3.05, 3.63) is 30.1 Å². The molecule has 1 aliphatic rings. The second-order valence-electron chi connectivity index (χ2n) is 5.63. The standard InChI is InChI=1S/C16H20N2O2/c19-15(20)11-18-14-10-6-5-9-13(14)17-16(18)12-7-3-1-2-4-8-12/h5-6,9-10,12H,1-4,7-8,11H2,(H,19,20). The smallest absolute Gasteiger partial charge is 0.323 e. The van der Waals surface area contributed by atoms with Gasteiger partial charge in [-0.15, -0.1) is 0 Å². The van der Waals surface area contributed by atoms with E-state index in [4.69, 9.17) is 4.98 Å². The van der Waals surface area contributed by atoms with Gasteiger partial charge in [-0.1, -0.05) is 37.8 Å². The van der Waals surface area contributed by atoms with E-state index in [2.05, 4.69) is 0 Å². The van der Waals surface area contributed by atoms with Crippen LogP contribution >= 0.6 is 0 Å². The topological polar surface area (TPSA) is 55.1 Å². The number of hydrogen-bond acceptors (Lipinski definition) is 2. The molecule has 4 heteroatoms. The van der Waals surface area contributed by atoms with E-state index in [0.717, 1.165) is 29.7 Å². The van der Waals surface area contributed by atoms with Crippen LogP contribution in [0.2, 0.25) is 0 Å². The molecule has 2 aromatic rings. The summed E-state index contributed by atoms with van der Waals surface area (Å²) in [5, 5.41) is 9.17. The zero-order valence-electron chi connectivity index (χ0n) is 11.6. The van der Waals surface area contributed by atoms with Crippen LogP contribution in [-0.2, 0) is 11.3 Å². The molecule has 1 aromatic heterocycles. The molecule has 20 heavy (non-hydrogen) atoms. The quantitative estimate of drug-likeness (QED) is 0.869. The molecule has 0 saturated heterocycles. The molecule has 0 bridgehead atoms. The Kier molecular flexibility index (Phi) is 3.72. The molecule has 1 aromatic carbocycles. The first kappa shape index (κ1) is 13.2. The van der Waals surface area contributed by atoms with Crippen molar-refractivity contribution in [1.29, 1.82) is 0 Å². The molecule has 1 N–H and O–H groups in total. The van der Waals surface area contributed by atoms with Crippen molar-refractivity contribution in [3.8, 4) is 0 Å². The fraction of sp³-hybridized carbons (Fsp3) is 0.500. The van der Waals surface area contributed by atoms with Crippen LogP contribution in [0.15, 0.2) is 24.3 Å². The molecule has 0 radical (unpaired) electrons. The lowest BCUT2D eigenvalue weighted by molar-refractivity contribution is -0.137. The maximum Gasteiger partial charge on any atom is 0.323 e. The average Bonchev–Trinajstić information content (AvgIpc) is 2.64. The SMILES string of the molecule is O=C(O)Cn1c(C2CCCCCC2)nc2ccccc21. The van der Waals surface area contributed by atoms with Crippen LogP contribution < -0.4 is 0 Å². The summed E-state index contributed by atoms with van der Waals surface area (Å²) in [4.78, 5) is 15.9. The number of imidazole rings is 1. The van der Waals surface area contributed by atoms with Crippen molar-refractivity contribution >= 4 is 17.0 Å². The van der Waals surface area contributed by atoms with Crippen LogP contribution in [0.25, 0.3) is 11.0 Å². The highest BCUT2D eigenvalue weighted by Gasteiger charge is 2.22. The highest BCUT2D eigenvalue weighted by Crippen LogP contribution is 2.32. The molecule has 0 unspecified atom stereocenters. The largest absolute Gasteiger partial charge is 0.480 e. The highest BCUT2D eigenvalue weighted by molar-refractivity contribution is 5.78. The van der Waals surface area contributed by atoms with Crippen molar-refractivity contribution in [2.24, 2.45) is 0 Å². The predicted octanol–water partition coefficient (Wildman–Crippen LogP) is 3.56. The minimum absolute atomic E-state index is 0.00630. The van der Waals surface area contributed by atoms with Crippen LogP contribution in [0.1, 0.15) is 50.3 Å². The first-order chi connectivity index (χ1) is 9.75. The molecule has 1 fully saturated rings. The number of carboxylic acid groups (broad SMARTS) is 1. The van der Waals surface area contributed by atoms with Gasteiger partial charge in [0.15, 0.2) is 0 Å². The number of fused-ring (bicyclic) bond motifs is 1. The summed E-state index contributed by atoms with van der Waals surface area (Å²) in [6.07, 6.45) is 7.28. The van der Waals surface area contributed by atoms with Crippen LogP contribution in [0.3, 0.4) is 0 Å². The first-order valence-corrected chi connectivity index (χ1v) is 7.42. The molecule has 1 saturated carbocycles. The molecule has 0 amide bonds. The number of rotatable bonds is 3. The summed E-state index contributed by atoms with van der Waals surface area (Å²) in [6, 6.07) is 7.83. The highest BCUT2D eigenvalue weighted by atomic mass is 16.4. The third-order valence-corrected chi connectivity index (χ3v) is 4.20. The van der Waals surface area contributed by atoms with Gasteiger partial charge < -0.3 is 9.67 Å². The molecule has 0 aliphatic heterocycles. The minimum atomic E-state index is -0.803. The van der Waals surface area contributed by atoms with E-state index < -0.39 is 5.97 Å². The van der Waals surface area contributed by atoms with Crippen LogP contribution in [0.4, 0.5) is 0 Å². The van der Waals surface area contributed by atoms with Crippen molar-refractivity contribution < 1.29 is 9.90 Å². The number of aliphatic carboxylic acids is 1. The van der Waals surface area contributed by atoms with E-state index in [1.807, 2.05) is 28.8 Å². The summed E-state index contributed by atoms with van der Waals surface area (Å²) in [7, 11) is 0. The third kappa shape index (κ3) is 2.55.